The molecule has 0 radical (unpaired) electrons. The van der Waals surface area contributed by atoms with E-state index in [0.29, 0.717) is 19.6 Å². The molecular formula is C17H27ClN2O2. The summed E-state index contributed by atoms with van der Waals surface area (Å²) in [5.41, 5.74) is 1.75. The Morgan fingerprint density at radius 1 is 1.36 bits per heavy atom. The minimum Gasteiger partial charge on any atom is -0.444 e. The molecule has 1 amide bonds. The zero-order valence-electron chi connectivity index (χ0n) is 14.2. The molecule has 22 heavy (non-hydrogen) atoms. The molecule has 0 aliphatic heterocycles. The summed E-state index contributed by atoms with van der Waals surface area (Å²) in [6, 6.07) is 6.04. The van der Waals surface area contributed by atoms with Gasteiger partial charge in [0.2, 0.25) is 0 Å². The number of carbonyl (C=O) groups is 1. The minimum absolute atomic E-state index is 0.268. The molecule has 4 nitrogen and oxygen atoms in total. The highest BCUT2D eigenvalue weighted by Gasteiger charge is 2.20. The van der Waals surface area contributed by atoms with E-state index in [1.165, 1.54) is 0 Å². The standard InChI is InChI=1S/C17H27ClN2O2/c1-6-20(16(21)22-17(3,4)5)10-9-19-12-14-8-7-13(2)15(18)11-14/h7-8,11,19H,6,9-10,12H2,1-5H3. The third-order valence-electron chi connectivity index (χ3n) is 3.16. The molecule has 5 heteroatoms. The van der Waals surface area contributed by atoms with Gasteiger partial charge in [0.25, 0.3) is 0 Å². The summed E-state index contributed by atoms with van der Waals surface area (Å²) >= 11 is 6.11. The number of benzene rings is 1. The molecular weight excluding hydrogens is 300 g/mol. The van der Waals surface area contributed by atoms with Gasteiger partial charge in [-0.05, 0) is 51.8 Å². The topological polar surface area (TPSA) is 41.6 Å². The Morgan fingerprint density at radius 2 is 2.05 bits per heavy atom. The highest BCUT2D eigenvalue weighted by Crippen LogP contribution is 2.16. The summed E-state index contributed by atoms with van der Waals surface area (Å²) in [6.07, 6.45) is -0.268. The number of nitrogens with one attached hydrogen (secondary N) is 1. The maximum Gasteiger partial charge on any atom is 0.410 e. The van der Waals surface area contributed by atoms with Crippen molar-refractivity contribution in [1.82, 2.24) is 10.2 Å². The Labute approximate surface area is 138 Å². The predicted molar refractivity (Wildman–Crippen MR) is 91.4 cm³/mol. The van der Waals surface area contributed by atoms with E-state index in [2.05, 4.69) is 11.4 Å². The molecule has 0 spiro atoms. The minimum atomic E-state index is -0.462. The molecule has 124 valence electrons. The van der Waals surface area contributed by atoms with Crippen LogP contribution in [-0.2, 0) is 11.3 Å². The highest BCUT2D eigenvalue weighted by atomic mass is 35.5. The van der Waals surface area contributed by atoms with Gasteiger partial charge in [-0.15, -0.1) is 0 Å². The molecule has 0 atom stereocenters. The van der Waals surface area contributed by atoms with Gasteiger partial charge in [-0.2, -0.15) is 0 Å². The largest absolute Gasteiger partial charge is 0.444 e. The first-order valence-corrected chi connectivity index (χ1v) is 8.04. The summed E-state index contributed by atoms with van der Waals surface area (Å²) in [5, 5.41) is 4.10. The quantitative estimate of drug-likeness (QED) is 0.803. The molecule has 0 aromatic heterocycles. The second kappa shape index (κ2) is 8.39. The van der Waals surface area contributed by atoms with Gasteiger partial charge in [-0.25, -0.2) is 4.79 Å². The zero-order chi connectivity index (χ0) is 16.8. The van der Waals surface area contributed by atoms with Crippen molar-refractivity contribution in [2.75, 3.05) is 19.6 Å². The third-order valence-corrected chi connectivity index (χ3v) is 3.56. The number of hydrogen-bond acceptors (Lipinski definition) is 3. The molecule has 0 heterocycles. The number of aryl methyl sites for hydroxylation is 1. The third kappa shape index (κ3) is 6.67. The van der Waals surface area contributed by atoms with Crippen LogP contribution < -0.4 is 5.32 Å². The Hall–Kier alpha value is -1.26. The maximum absolute atomic E-state index is 12.0. The molecule has 0 aliphatic rings. The second-order valence-corrected chi connectivity index (χ2v) is 6.73. The summed E-state index contributed by atoms with van der Waals surface area (Å²) < 4.78 is 5.38. The van der Waals surface area contributed by atoms with Crippen LogP contribution in [0.25, 0.3) is 0 Å². The number of amides is 1. The molecule has 0 saturated heterocycles. The SMILES string of the molecule is CCN(CCNCc1ccc(C)c(Cl)c1)C(=O)OC(C)(C)C. The molecule has 0 fully saturated rings. The summed E-state index contributed by atoms with van der Waals surface area (Å²) in [5.74, 6) is 0. The van der Waals surface area contributed by atoms with Crippen molar-refractivity contribution < 1.29 is 9.53 Å². The smallest absolute Gasteiger partial charge is 0.410 e. The first-order valence-electron chi connectivity index (χ1n) is 7.66. The number of carbonyl (C=O) groups excluding carboxylic acids is 1. The van der Waals surface area contributed by atoms with Crippen molar-refractivity contribution in [3.05, 3.63) is 34.3 Å². The molecule has 0 saturated carbocycles. The van der Waals surface area contributed by atoms with Gasteiger partial charge in [-0.1, -0.05) is 23.7 Å². The second-order valence-electron chi connectivity index (χ2n) is 6.32. The van der Waals surface area contributed by atoms with Crippen molar-refractivity contribution in [1.29, 1.82) is 0 Å². The average molecular weight is 327 g/mol. The van der Waals surface area contributed by atoms with E-state index < -0.39 is 5.60 Å². The number of hydrogen-bond donors (Lipinski definition) is 1. The number of likely N-dealkylation sites (N-methyl/N-ethyl adjacent to an activating group) is 1. The van der Waals surface area contributed by atoms with Gasteiger partial charge >= 0.3 is 6.09 Å². The van der Waals surface area contributed by atoms with Crippen molar-refractivity contribution >= 4 is 17.7 Å². The summed E-state index contributed by atoms with van der Waals surface area (Å²) in [7, 11) is 0. The molecule has 1 aromatic carbocycles. The maximum atomic E-state index is 12.0. The van der Waals surface area contributed by atoms with Crippen molar-refractivity contribution in [2.45, 2.75) is 46.8 Å². The van der Waals surface area contributed by atoms with Crippen LogP contribution in [0.5, 0.6) is 0 Å². The first kappa shape index (κ1) is 18.8. The number of ether oxygens (including phenoxy) is 1. The van der Waals surface area contributed by atoms with E-state index >= 15 is 0 Å². The normalized spacial score (nSPS) is 11.4. The summed E-state index contributed by atoms with van der Waals surface area (Å²) in [6.45, 7) is 12.2. The number of rotatable bonds is 6. The Bertz CT molecular complexity index is 498. The van der Waals surface area contributed by atoms with Gasteiger partial charge in [0.15, 0.2) is 0 Å². The Kier molecular flexibility index (Phi) is 7.17. The van der Waals surface area contributed by atoms with Crippen molar-refractivity contribution in [3.8, 4) is 0 Å². The van der Waals surface area contributed by atoms with E-state index in [0.717, 1.165) is 22.7 Å². The number of nitrogens with zero attached hydrogens (tertiary/aromatic N) is 1. The van der Waals surface area contributed by atoms with Gasteiger partial charge in [-0.3, -0.25) is 0 Å². The van der Waals surface area contributed by atoms with Crippen LogP contribution in [0, 0.1) is 6.92 Å². The summed E-state index contributed by atoms with van der Waals surface area (Å²) in [4.78, 5) is 13.7. The fourth-order valence-corrected chi connectivity index (χ4v) is 2.10. The van der Waals surface area contributed by atoms with Crippen LogP contribution in [0.2, 0.25) is 5.02 Å². The number of halogens is 1. The molecule has 1 rings (SSSR count). The highest BCUT2D eigenvalue weighted by molar-refractivity contribution is 6.31. The van der Waals surface area contributed by atoms with Gasteiger partial charge < -0.3 is 15.0 Å². The lowest BCUT2D eigenvalue weighted by Gasteiger charge is -2.26. The van der Waals surface area contributed by atoms with Crippen LogP contribution >= 0.6 is 11.6 Å². The molecule has 0 unspecified atom stereocenters. The fourth-order valence-electron chi connectivity index (χ4n) is 1.90. The average Bonchev–Trinajstić information content (AvgIpc) is 2.40. The van der Waals surface area contributed by atoms with Gasteiger partial charge in [0.1, 0.15) is 5.60 Å². The van der Waals surface area contributed by atoms with Crippen LogP contribution in [0.15, 0.2) is 18.2 Å². The van der Waals surface area contributed by atoms with E-state index in [1.807, 2.05) is 46.8 Å². The fraction of sp³-hybridized carbons (Fsp3) is 0.588. The van der Waals surface area contributed by atoms with E-state index in [-0.39, 0.29) is 6.09 Å². The molecule has 0 aliphatic carbocycles. The molecule has 1 aromatic rings. The first-order chi connectivity index (χ1) is 10.2. The van der Waals surface area contributed by atoms with E-state index in [1.54, 1.807) is 4.90 Å². The van der Waals surface area contributed by atoms with E-state index in [9.17, 15) is 4.79 Å². The van der Waals surface area contributed by atoms with Crippen LogP contribution in [0.3, 0.4) is 0 Å². The van der Waals surface area contributed by atoms with Crippen molar-refractivity contribution in [2.24, 2.45) is 0 Å². The Morgan fingerprint density at radius 3 is 2.59 bits per heavy atom. The van der Waals surface area contributed by atoms with E-state index in [4.69, 9.17) is 16.3 Å². The lowest BCUT2D eigenvalue weighted by molar-refractivity contribution is 0.0262. The molecule has 0 bridgehead atoms. The van der Waals surface area contributed by atoms with Crippen LogP contribution in [0.4, 0.5) is 4.79 Å². The zero-order valence-corrected chi connectivity index (χ0v) is 15.0. The van der Waals surface area contributed by atoms with Crippen LogP contribution in [-0.4, -0.2) is 36.2 Å². The van der Waals surface area contributed by atoms with Gasteiger partial charge in [0, 0.05) is 31.2 Å². The predicted octanol–water partition coefficient (Wildman–Crippen LogP) is 4.00. The van der Waals surface area contributed by atoms with Crippen molar-refractivity contribution in [3.63, 3.8) is 0 Å². The van der Waals surface area contributed by atoms with Crippen LogP contribution in [0.1, 0.15) is 38.8 Å². The lowest BCUT2D eigenvalue weighted by atomic mass is 10.1. The molecule has 1 N–H and O–H groups in total. The lowest BCUT2D eigenvalue weighted by Crippen LogP contribution is -2.40. The monoisotopic (exact) mass is 326 g/mol. The van der Waals surface area contributed by atoms with Gasteiger partial charge in [0.05, 0.1) is 0 Å². The Balaban J connectivity index is 2.38.